The van der Waals surface area contributed by atoms with E-state index in [1.165, 1.54) is 18.2 Å². The molecular weight excluding hydrogens is 441 g/mol. The van der Waals surface area contributed by atoms with Gasteiger partial charge in [0.2, 0.25) is 0 Å². The monoisotopic (exact) mass is 464 g/mol. The number of hydroxylamine groups is 2. The van der Waals surface area contributed by atoms with Gasteiger partial charge in [0, 0.05) is 29.9 Å². The smallest absolute Gasteiger partial charge is 0.492 e. The molecule has 1 saturated heterocycles. The molecule has 2 aromatic carbocycles. The first-order valence-corrected chi connectivity index (χ1v) is 10.2. The molecule has 1 aliphatic rings. The molecule has 0 spiro atoms. The predicted octanol–water partition coefficient (Wildman–Crippen LogP) is 3.11. The third-order valence-electron chi connectivity index (χ3n) is 4.94. The van der Waals surface area contributed by atoms with Gasteiger partial charge in [-0.1, -0.05) is 12.1 Å². The summed E-state index contributed by atoms with van der Waals surface area (Å²) in [5.41, 5.74) is 6.77. The Morgan fingerprint density at radius 3 is 2.33 bits per heavy atom. The first kappa shape index (κ1) is 23.9. The van der Waals surface area contributed by atoms with Gasteiger partial charge in [0.25, 0.3) is 5.91 Å². The van der Waals surface area contributed by atoms with Crippen molar-refractivity contribution in [1.82, 2.24) is 5.06 Å². The minimum absolute atomic E-state index is 0.0616. The van der Waals surface area contributed by atoms with Crippen LogP contribution >= 0.6 is 0 Å². The van der Waals surface area contributed by atoms with Gasteiger partial charge in [0.1, 0.15) is 18.2 Å². The summed E-state index contributed by atoms with van der Waals surface area (Å²) in [5, 5.41) is 7.77. The van der Waals surface area contributed by atoms with Gasteiger partial charge >= 0.3 is 12.1 Å². The van der Waals surface area contributed by atoms with E-state index in [1.54, 1.807) is 30.3 Å². The van der Waals surface area contributed by atoms with Gasteiger partial charge in [-0.05, 0) is 49.2 Å². The highest BCUT2D eigenvalue weighted by Crippen LogP contribution is 2.22. The summed E-state index contributed by atoms with van der Waals surface area (Å²) in [6.07, 6.45) is -3.14. The molecule has 0 atom stereocenters. The number of nitrogen functional groups attached to an aromatic ring is 1. The molecular formula is C22H23F3N4O4. The van der Waals surface area contributed by atoms with E-state index in [4.69, 9.17) is 15.9 Å². The number of nitrogens with one attached hydrogen (secondary N) is 1. The van der Waals surface area contributed by atoms with Gasteiger partial charge in [0.05, 0.1) is 6.54 Å². The van der Waals surface area contributed by atoms with Crippen LogP contribution in [0, 0.1) is 5.41 Å². The molecule has 33 heavy (non-hydrogen) atoms. The Hall–Kier alpha value is -3.76. The lowest BCUT2D eigenvalue weighted by atomic mass is 10.2. The largest absolute Gasteiger partial charge is 0.493 e. The summed E-state index contributed by atoms with van der Waals surface area (Å²) in [6.45, 7) is 1.05. The summed E-state index contributed by atoms with van der Waals surface area (Å²) >= 11 is 0. The average molecular weight is 464 g/mol. The van der Waals surface area contributed by atoms with Crippen molar-refractivity contribution in [2.24, 2.45) is 5.73 Å². The van der Waals surface area contributed by atoms with Crippen molar-refractivity contribution in [2.45, 2.75) is 19.0 Å². The molecule has 1 heterocycles. The lowest BCUT2D eigenvalue weighted by Crippen LogP contribution is -2.40. The van der Waals surface area contributed by atoms with Crippen molar-refractivity contribution < 1.29 is 32.3 Å². The van der Waals surface area contributed by atoms with Gasteiger partial charge in [0.15, 0.2) is 0 Å². The summed E-state index contributed by atoms with van der Waals surface area (Å²) in [5.74, 6) is -3.33. The van der Waals surface area contributed by atoms with Crippen molar-refractivity contribution in [1.29, 1.82) is 5.41 Å². The van der Waals surface area contributed by atoms with E-state index in [-0.39, 0.29) is 23.8 Å². The number of nitrogens with zero attached hydrogens (tertiary/aromatic N) is 2. The lowest BCUT2D eigenvalue weighted by Gasteiger charge is -2.22. The molecule has 2 aromatic rings. The molecule has 11 heteroatoms. The standard InChI is InChI=1S/C22H23F3N4O4/c23-22(24,25)21(31)33-29(12-13-32-18-5-3-4-16(14-18)19(26)27)20(30)15-6-8-17(9-7-15)28-10-1-2-11-28/h3-9,14H,1-2,10-13H2,(H3,26,27). The Labute approximate surface area is 188 Å². The fourth-order valence-corrected chi connectivity index (χ4v) is 3.27. The van der Waals surface area contributed by atoms with Crippen molar-refractivity contribution in [3.63, 3.8) is 0 Å². The third kappa shape index (κ3) is 6.37. The number of rotatable bonds is 7. The van der Waals surface area contributed by atoms with Gasteiger partial charge in [-0.3, -0.25) is 10.2 Å². The zero-order valence-corrected chi connectivity index (χ0v) is 17.6. The second kappa shape index (κ2) is 10.2. The zero-order valence-electron chi connectivity index (χ0n) is 17.6. The van der Waals surface area contributed by atoms with Crippen LogP contribution in [0.3, 0.4) is 0 Å². The summed E-state index contributed by atoms with van der Waals surface area (Å²) in [7, 11) is 0. The Morgan fingerprint density at radius 2 is 1.73 bits per heavy atom. The SMILES string of the molecule is N=C(N)c1cccc(OCCN(OC(=O)C(F)(F)F)C(=O)c2ccc(N3CCCC3)cc2)c1. The molecule has 0 aliphatic carbocycles. The quantitative estimate of drug-likeness (QED) is 0.370. The molecule has 176 valence electrons. The Balaban J connectivity index is 1.70. The Morgan fingerprint density at radius 1 is 1.06 bits per heavy atom. The highest BCUT2D eigenvalue weighted by atomic mass is 19.4. The molecule has 0 bridgehead atoms. The van der Waals surface area contributed by atoms with Crippen molar-refractivity contribution in [3.8, 4) is 5.75 Å². The number of carbonyl (C=O) groups is 2. The number of anilines is 1. The second-order valence-electron chi connectivity index (χ2n) is 7.31. The number of halogens is 3. The Bertz CT molecular complexity index is 1010. The van der Waals surface area contributed by atoms with Gasteiger partial charge in [-0.25, -0.2) is 4.79 Å². The highest BCUT2D eigenvalue weighted by Gasteiger charge is 2.43. The topological polar surface area (TPSA) is 109 Å². The molecule has 0 aromatic heterocycles. The van der Waals surface area contributed by atoms with Crippen LogP contribution in [-0.2, 0) is 9.63 Å². The maximum absolute atomic E-state index is 12.8. The minimum atomic E-state index is -5.27. The third-order valence-corrected chi connectivity index (χ3v) is 4.94. The fourth-order valence-electron chi connectivity index (χ4n) is 3.27. The molecule has 8 nitrogen and oxygen atoms in total. The molecule has 1 amide bonds. The maximum Gasteiger partial charge on any atom is 0.493 e. The van der Waals surface area contributed by atoms with Gasteiger partial charge < -0.3 is 20.2 Å². The van der Waals surface area contributed by atoms with Crippen LogP contribution in [0.4, 0.5) is 18.9 Å². The number of alkyl halides is 3. The van der Waals surface area contributed by atoms with E-state index in [2.05, 4.69) is 9.74 Å². The van der Waals surface area contributed by atoms with Crippen LogP contribution in [0.25, 0.3) is 0 Å². The summed E-state index contributed by atoms with van der Waals surface area (Å²) in [4.78, 5) is 30.6. The maximum atomic E-state index is 12.8. The summed E-state index contributed by atoms with van der Waals surface area (Å²) < 4.78 is 43.6. The number of hydrogen-bond donors (Lipinski definition) is 2. The van der Waals surface area contributed by atoms with Gasteiger partial charge in [-0.15, -0.1) is 0 Å². The van der Waals surface area contributed by atoms with E-state index in [9.17, 15) is 22.8 Å². The highest BCUT2D eigenvalue weighted by molar-refractivity contribution is 5.95. The Kier molecular flexibility index (Phi) is 7.41. The second-order valence-corrected chi connectivity index (χ2v) is 7.31. The number of hydrogen-bond acceptors (Lipinski definition) is 6. The molecule has 3 rings (SSSR count). The number of ether oxygens (including phenoxy) is 1. The number of amidine groups is 1. The van der Waals surface area contributed by atoms with Crippen LogP contribution in [0.5, 0.6) is 5.75 Å². The van der Waals surface area contributed by atoms with E-state index in [0.717, 1.165) is 31.6 Å². The molecule has 3 N–H and O–H groups in total. The minimum Gasteiger partial charge on any atom is -0.492 e. The van der Waals surface area contributed by atoms with Gasteiger partial charge in [-0.2, -0.15) is 18.2 Å². The molecule has 0 radical (unpaired) electrons. The zero-order chi connectivity index (χ0) is 24.0. The van der Waals surface area contributed by atoms with E-state index in [0.29, 0.717) is 10.6 Å². The molecule has 0 saturated carbocycles. The van der Waals surface area contributed by atoms with Crippen LogP contribution in [-0.4, -0.2) is 55.2 Å². The van der Waals surface area contributed by atoms with Crippen LogP contribution < -0.4 is 15.4 Å². The van der Waals surface area contributed by atoms with Crippen molar-refractivity contribution >= 4 is 23.4 Å². The van der Waals surface area contributed by atoms with E-state index >= 15 is 0 Å². The molecule has 1 aliphatic heterocycles. The van der Waals surface area contributed by atoms with Crippen LogP contribution in [0.2, 0.25) is 0 Å². The number of amides is 1. The van der Waals surface area contributed by atoms with Crippen LogP contribution in [0.15, 0.2) is 48.5 Å². The first-order valence-electron chi connectivity index (χ1n) is 10.2. The summed E-state index contributed by atoms with van der Waals surface area (Å²) in [6, 6.07) is 12.5. The first-order chi connectivity index (χ1) is 15.6. The van der Waals surface area contributed by atoms with Crippen molar-refractivity contribution in [3.05, 3.63) is 59.7 Å². The fraction of sp³-hybridized carbons (Fsp3) is 0.318. The lowest BCUT2D eigenvalue weighted by molar-refractivity contribution is -0.229. The van der Waals surface area contributed by atoms with Crippen LogP contribution in [0.1, 0.15) is 28.8 Å². The number of nitrogens with two attached hydrogens (primary N) is 1. The normalized spacial score (nSPS) is 13.5. The van der Waals surface area contributed by atoms with Crippen molar-refractivity contribution in [2.75, 3.05) is 31.1 Å². The van der Waals surface area contributed by atoms with E-state index in [1.807, 2.05) is 0 Å². The molecule has 1 fully saturated rings. The number of carbonyl (C=O) groups excluding carboxylic acids is 2. The van der Waals surface area contributed by atoms with E-state index < -0.39 is 24.6 Å². The number of benzene rings is 2. The molecule has 0 unspecified atom stereocenters. The average Bonchev–Trinajstić information content (AvgIpc) is 3.32. The predicted molar refractivity (Wildman–Crippen MR) is 114 cm³/mol.